The first-order valence-electron chi connectivity index (χ1n) is 12.9. The number of aromatic nitrogens is 3. The van der Waals surface area contributed by atoms with Gasteiger partial charge >= 0.3 is 0 Å². The van der Waals surface area contributed by atoms with Crippen LogP contribution in [-0.2, 0) is 20.7 Å². The number of nitrogens with one attached hydrogen (secondary N) is 4. The second-order valence-corrected chi connectivity index (χ2v) is 8.33. The van der Waals surface area contributed by atoms with E-state index in [0.29, 0.717) is 70.3 Å². The number of anilines is 4. The van der Waals surface area contributed by atoms with Gasteiger partial charge in [-0.15, -0.1) is 0 Å². The SMILES string of the molecule is CCC(CC)Nc1nc(NCCCO)nc(Nc2ccc(CC(=O)NCCOCCOCCN)cc2)n1. The molecule has 0 aliphatic carbocycles. The van der Waals surface area contributed by atoms with E-state index < -0.39 is 0 Å². The summed E-state index contributed by atoms with van der Waals surface area (Å²) in [5.74, 6) is 1.24. The van der Waals surface area contributed by atoms with Crippen LogP contribution in [0.1, 0.15) is 38.7 Å². The topological polar surface area (TPSA) is 169 Å². The molecule has 1 amide bonds. The zero-order valence-corrected chi connectivity index (χ0v) is 22.0. The molecule has 12 heteroatoms. The highest BCUT2D eigenvalue weighted by Gasteiger charge is 2.11. The molecule has 1 aromatic carbocycles. The smallest absolute Gasteiger partial charge is 0.233 e. The molecule has 0 spiro atoms. The van der Waals surface area contributed by atoms with Crippen LogP contribution in [-0.4, -0.2) is 84.7 Å². The third-order valence-electron chi connectivity index (χ3n) is 5.35. The summed E-state index contributed by atoms with van der Waals surface area (Å²) < 4.78 is 10.6. The van der Waals surface area contributed by atoms with Crippen molar-refractivity contribution in [3.63, 3.8) is 0 Å². The van der Waals surface area contributed by atoms with Crippen LogP contribution < -0.4 is 27.0 Å². The van der Waals surface area contributed by atoms with Crippen molar-refractivity contribution in [2.75, 3.05) is 68.6 Å². The van der Waals surface area contributed by atoms with E-state index in [4.69, 9.17) is 20.3 Å². The number of benzene rings is 1. The number of hydrogen-bond acceptors (Lipinski definition) is 11. The number of aliphatic hydroxyl groups is 1. The van der Waals surface area contributed by atoms with Crippen molar-refractivity contribution >= 4 is 29.4 Å². The Hall–Kier alpha value is -3.06. The van der Waals surface area contributed by atoms with Crippen LogP contribution in [0, 0.1) is 0 Å². The van der Waals surface area contributed by atoms with Gasteiger partial charge in [0.2, 0.25) is 23.8 Å². The van der Waals surface area contributed by atoms with Crippen molar-refractivity contribution < 1.29 is 19.4 Å². The molecule has 7 N–H and O–H groups in total. The molecule has 0 aliphatic rings. The van der Waals surface area contributed by atoms with Crippen LogP contribution in [0.25, 0.3) is 0 Å². The van der Waals surface area contributed by atoms with Gasteiger partial charge in [-0.05, 0) is 37.0 Å². The molecule has 2 aromatic rings. The maximum atomic E-state index is 12.2. The highest BCUT2D eigenvalue weighted by Crippen LogP contribution is 2.18. The highest BCUT2D eigenvalue weighted by atomic mass is 16.5. The minimum Gasteiger partial charge on any atom is -0.396 e. The van der Waals surface area contributed by atoms with Gasteiger partial charge in [-0.3, -0.25) is 4.79 Å². The number of nitrogens with zero attached hydrogens (tertiary/aromatic N) is 3. The van der Waals surface area contributed by atoms with Gasteiger partial charge < -0.3 is 41.6 Å². The number of amides is 1. The van der Waals surface area contributed by atoms with Crippen LogP contribution in [0.3, 0.4) is 0 Å². The number of aliphatic hydroxyl groups excluding tert-OH is 1. The van der Waals surface area contributed by atoms with Crippen LogP contribution >= 0.6 is 0 Å². The molecule has 0 saturated carbocycles. The van der Waals surface area contributed by atoms with Gasteiger partial charge in [-0.25, -0.2) is 0 Å². The minimum atomic E-state index is -0.0723. The van der Waals surface area contributed by atoms with Crippen molar-refractivity contribution in [1.82, 2.24) is 20.3 Å². The first-order chi connectivity index (χ1) is 18.1. The lowest BCUT2D eigenvalue weighted by Gasteiger charge is -2.16. The fraction of sp³-hybridized carbons (Fsp3) is 0.600. The van der Waals surface area contributed by atoms with E-state index in [2.05, 4.69) is 50.1 Å². The molecule has 2 rings (SSSR count). The number of hydrogen-bond donors (Lipinski definition) is 6. The molecule has 1 heterocycles. The largest absolute Gasteiger partial charge is 0.396 e. The van der Waals surface area contributed by atoms with E-state index in [1.54, 1.807) is 0 Å². The monoisotopic (exact) mass is 518 g/mol. The molecule has 0 atom stereocenters. The van der Waals surface area contributed by atoms with E-state index in [1.807, 2.05) is 24.3 Å². The number of carbonyl (C=O) groups is 1. The van der Waals surface area contributed by atoms with Crippen LogP contribution in [0.5, 0.6) is 0 Å². The summed E-state index contributed by atoms with van der Waals surface area (Å²) in [4.78, 5) is 25.6. The van der Waals surface area contributed by atoms with Gasteiger partial charge in [-0.2, -0.15) is 15.0 Å². The summed E-state index contributed by atoms with van der Waals surface area (Å²) >= 11 is 0. The Labute approximate surface area is 219 Å². The van der Waals surface area contributed by atoms with Gasteiger partial charge in [0.05, 0.1) is 32.8 Å². The lowest BCUT2D eigenvalue weighted by molar-refractivity contribution is -0.120. The predicted molar refractivity (Wildman–Crippen MR) is 145 cm³/mol. The molecule has 1 aromatic heterocycles. The van der Waals surface area contributed by atoms with Crippen molar-refractivity contribution in [2.45, 2.75) is 45.6 Å². The standard InChI is InChI=1S/C25H42N8O4/c1-3-20(4-2)29-24-31-23(28-11-5-13-34)32-25(33-24)30-21-8-6-19(7-9-21)18-22(35)27-12-15-37-17-16-36-14-10-26/h6-9,20,34H,3-5,10-18,26H2,1-2H3,(H,27,35)(H3,28,29,30,31,32,33). The average molecular weight is 519 g/mol. The maximum Gasteiger partial charge on any atom is 0.233 e. The van der Waals surface area contributed by atoms with E-state index in [1.165, 1.54) is 0 Å². The number of carbonyl (C=O) groups excluding carboxylic acids is 1. The Morgan fingerprint density at radius 1 is 0.946 bits per heavy atom. The predicted octanol–water partition coefficient (Wildman–Crippen LogP) is 1.66. The van der Waals surface area contributed by atoms with E-state index >= 15 is 0 Å². The molecule has 0 radical (unpaired) electrons. The van der Waals surface area contributed by atoms with Crippen LogP contribution in [0.15, 0.2) is 24.3 Å². The molecule has 206 valence electrons. The Morgan fingerprint density at radius 3 is 2.30 bits per heavy atom. The number of rotatable bonds is 20. The van der Waals surface area contributed by atoms with Crippen molar-refractivity contribution in [2.24, 2.45) is 5.73 Å². The van der Waals surface area contributed by atoms with Gasteiger partial charge in [0, 0.05) is 38.0 Å². The first kappa shape index (κ1) is 30.2. The third kappa shape index (κ3) is 12.6. The van der Waals surface area contributed by atoms with E-state index in [0.717, 1.165) is 24.1 Å². The molecule has 37 heavy (non-hydrogen) atoms. The van der Waals surface area contributed by atoms with Crippen molar-refractivity contribution in [3.05, 3.63) is 29.8 Å². The Kier molecular flexibility index (Phi) is 14.9. The molecular weight excluding hydrogens is 476 g/mol. The van der Waals surface area contributed by atoms with Crippen molar-refractivity contribution in [1.29, 1.82) is 0 Å². The van der Waals surface area contributed by atoms with Crippen LogP contribution in [0.2, 0.25) is 0 Å². The highest BCUT2D eigenvalue weighted by molar-refractivity contribution is 5.78. The summed E-state index contributed by atoms with van der Waals surface area (Å²) in [7, 11) is 0. The molecule has 0 saturated heterocycles. The fourth-order valence-corrected chi connectivity index (χ4v) is 3.28. The van der Waals surface area contributed by atoms with Crippen molar-refractivity contribution in [3.8, 4) is 0 Å². The Morgan fingerprint density at radius 2 is 1.62 bits per heavy atom. The number of nitrogens with two attached hydrogens (primary N) is 1. The zero-order chi connectivity index (χ0) is 26.7. The number of ether oxygens (including phenoxy) is 2. The van der Waals surface area contributed by atoms with E-state index in [9.17, 15) is 4.79 Å². The second-order valence-electron chi connectivity index (χ2n) is 8.33. The minimum absolute atomic E-state index is 0.0723. The second kappa shape index (κ2) is 18.2. The Balaban J connectivity index is 1.88. The van der Waals surface area contributed by atoms with Crippen LogP contribution in [0.4, 0.5) is 23.5 Å². The molecule has 0 fully saturated rings. The fourth-order valence-electron chi connectivity index (χ4n) is 3.28. The van der Waals surface area contributed by atoms with Gasteiger partial charge in [0.1, 0.15) is 0 Å². The quantitative estimate of drug-likeness (QED) is 0.141. The third-order valence-corrected chi connectivity index (χ3v) is 5.35. The molecule has 0 unspecified atom stereocenters. The average Bonchev–Trinajstić information content (AvgIpc) is 2.90. The summed E-state index contributed by atoms with van der Waals surface area (Å²) in [6.45, 7) is 7.71. The molecule has 12 nitrogen and oxygen atoms in total. The molecule has 0 aliphatic heterocycles. The van der Waals surface area contributed by atoms with E-state index in [-0.39, 0.29) is 25.0 Å². The first-order valence-corrected chi connectivity index (χ1v) is 12.9. The summed E-state index contributed by atoms with van der Waals surface area (Å²) in [5, 5.41) is 21.6. The maximum absolute atomic E-state index is 12.2. The lowest BCUT2D eigenvalue weighted by Crippen LogP contribution is -2.29. The van der Waals surface area contributed by atoms with Gasteiger partial charge in [-0.1, -0.05) is 26.0 Å². The van der Waals surface area contributed by atoms with Gasteiger partial charge in [0.15, 0.2) is 0 Å². The summed E-state index contributed by atoms with van der Waals surface area (Å²) in [6.07, 6.45) is 2.76. The van der Waals surface area contributed by atoms with Gasteiger partial charge in [0.25, 0.3) is 0 Å². The Bertz CT molecular complexity index is 897. The lowest BCUT2D eigenvalue weighted by atomic mass is 10.1. The summed E-state index contributed by atoms with van der Waals surface area (Å²) in [6, 6.07) is 7.79. The summed E-state index contributed by atoms with van der Waals surface area (Å²) in [5.41, 5.74) is 7.02. The molecule has 0 bridgehead atoms. The normalized spacial score (nSPS) is 10.9. The zero-order valence-electron chi connectivity index (χ0n) is 22.0. The molecular formula is C25H42N8O4.